The van der Waals surface area contributed by atoms with E-state index in [4.69, 9.17) is 16.3 Å². The van der Waals surface area contributed by atoms with Gasteiger partial charge in [-0.25, -0.2) is 9.97 Å². The molecule has 5 nitrogen and oxygen atoms in total. The summed E-state index contributed by atoms with van der Waals surface area (Å²) < 4.78 is 8.25. The summed E-state index contributed by atoms with van der Waals surface area (Å²) in [4.78, 5) is 8.81. The van der Waals surface area contributed by atoms with Gasteiger partial charge in [0.15, 0.2) is 0 Å². The molecule has 120 valence electrons. The van der Waals surface area contributed by atoms with Gasteiger partial charge in [-0.05, 0) is 37.7 Å². The third-order valence-electron chi connectivity index (χ3n) is 4.45. The van der Waals surface area contributed by atoms with Crippen molar-refractivity contribution in [1.82, 2.24) is 14.5 Å². The van der Waals surface area contributed by atoms with Crippen LogP contribution in [0, 0.1) is 12.8 Å². The Labute approximate surface area is 135 Å². The monoisotopic (exact) mass is 323 g/mol. The van der Waals surface area contributed by atoms with Crippen molar-refractivity contribution in [3.8, 4) is 0 Å². The Bertz CT molecular complexity index is 686. The Morgan fingerprint density at radius 3 is 2.86 bits per heavy atom. The molecule has 1 aliphatic heterocycles. The molecule has 6 heteroatoms. The summed E-state index contributed by atoms with van der Waals surface area (Å²) in [5, 5.41) is 10.6. The number of halogens is 1. The molecule has 0 bridgehead atoms. The van der Waals surface area contributed by atoms with Gasteiger partial charge in [-0.1, -0.05) is 25.4 Å². The Morgan fingerprint density at radius 2 is 2.23 bits per heavy atom. The quantitative estimate of drug-likeness (QED) is 0.877. The van der Waals surface area contributed by atoms with Gasteiger partial charge in [0.25, 0.3) is 0 Å². The lowest BCUT2D eigenvalue weighted by atomic mass is 10.0. The number of aryl methyl sites for hydroxylation is 1. The molecule has 3 rings (SSSR count). The highest BCUT2D eigenvalue weighted by atomic mass is 35.5. The van der Waals surface area contributed by atoms with E-state index in [9.17, 15) is 5.11 Å². The van der Waals surface area contributed by atoms with E-state index in [0.29, 0.717) is 23.3 Å². The molecule has 2 aromatic heterocycles. The maximum Gasteiger partial charge on any atom is 0.147 e. The summed E-state index contributed by atoms with van der Waals surface area (Å²) in [6.45, 7) is 6.28. The van der Waals surface area contributed by atoms with Gasteiger partial charge >= 0.3 is 0 Å². The van der Waals surface area contributed by atoms with Crippen molar-refractivity contribution in [3.63, 3.8) is 0 Å². The summed E-state index contributed by atoms with van der Waals surface area (Å²) in [6, 6.07) is 0. The first-order valence-electron chi connectivity index (χ1n) is 7.85. The van der Waals surface area contributed by atoms with Crippen molar-refractivity contribution < 1.29 is 9.84 Å². The molecule has 3 atom stereocenters. The van der Waals surface area contributed by atoms with Crippen LogP contribution in [0.5, 0.6) is 0 Å². The first-order valence-corrected chi connectivity index (χ1v) is 8.22. The van der Waals surface area contributed by atoms with Crippen LogP contribution in [-0.4, -0.2) is 32.4 Å². The number of rotatable bonds is 4. The summed E-state index contributed by atoms with van der Waals surface area (Å²) in [6.07, 6.45) is 4.77. The largest absolute Gasteiger partial charge is 0.396 e. The van der Waals surface area contributed by atoms with E-state index in [1.54, 1.807) is 0 Å². The Hall–Kier alpha value is -1.17. The van der Waals surface area contributed by atoms with Gasteiger partial charge in [0.1, 0.15) is 22.9 Å². The van der Waals surface area contributed by atoms with E-state index in [0.717, 1.165) is 29.4 Å². The van der Waals surface area contributed by atoms with E-state index < -0.39 is 0 Å². The van der Waals surface area contributed by atoms with Crippen LogP contribution >= 0.6 is 11.6 Å². The van der Waals surface area contributed by atoms with Crippen LogP contribution in [0.4, 0.5) is 0 Å². The summed E-state index contributed by atoms with van der Waals surface area (Å²) in [5.74, 6) is 1.16. The molecule has 2 aromatic rings. The minimum atomic E-state index is -0.0275. The van der Waals surface area contributed by atoms with Crippen molar-refractivity contribution in [2.45, 2.75) is 52.4 Å². The third kappa shape index (κ3) is 2.62. The van der Waals surface area contributed by atoms with E-state index in [1.807, 2.05) is 13.1 Å². The van der Waals surface area contributed by atoms with Crippen molar-refractivity contribution in [2.24, 2.45) is 5.92 Å². The van der Waals surface area contributed by atoms with Gasteiger partial charge in [-0.15, -0.1) is 0 Å². The number of hydrogen-bond acceptors (Lipinski definition) is 4. The fourth-order valence-corrected chi connectivity index (χ4v) is 3.68. The lowest BCUT2D eigenvalue weighted by molar-refractivity contribution is -0.00283. The number of aliphatic hydroxyl groups excluding tert-OH is 1. The Balaban J connectivity index is 2.10. The van der Waals surface area contributed by atoms with Crippen LogP contribution in [0.15, 0.2) is 6.20 Å². The van der Waals surface area contributed by atoms with Gasteiger partial charge in [0.2, 0.25) is 0 Å². The highest BCUT2D eigenvalue weighted by Gasteiger charge is 2.33. The number of nitrogens with zero attached hydrogens (tertiary/aromatic N) is 3. The highest BCUT2D eigenvalue weighted by Crippen LogP contribution is 2.38. The molecule has 0 aromatic carbocycles. The standard InChI is InChI=1S/C16H22ClN3O2/c1-4-12-9(2)7-13(22-12)20-8-11(5-6-21)14-15(17)18-10(3)19-16(14)20/h8-9,12-13,21H,4-7H2,1-3H3. The number of ether oxygens (including phenoxy) is 1. The zero-order valence-corrected chi connectivity index (χ0v) is 14.0. The molecule has 1 aliphatic rings. The van der Waals surface area contributed by atoms with E-state index >= 15 is 0 Å². The van der Waals surface area contributed by atoms with Gasteiger partial charge in [0, 0.05) is 12.8 Å². The molecule has 3 heterocycles. The van der Waals surface area contributed by atoms with E-state index in [1.165, 1.54) is 0 Å². The summed E-state index contributed by atoms with van der Waals surface area (Å²) >= 11 is 6.32. The van der Waals surface area contributed by atoms with Crippen LogP contribution in [0.3, 0.4) is 0 Å². The lowest BCUT2D eigenvalue weighted by Gasteiger charge is -2.15. The molecule has 3 unspecified atom stereocenters. The fraction of sp³-hybridized carbons (Fsp3) is 0.625. The maximum atomic E-state index is 9.30. The number of hydrogen-bond donors (Lipinski definition) is 1. The van der Waals surface area contributed by atoms with Crippen LogP contribution < -0.4 is 0 Å². The van der Waals surface area contributed by atoms with Gasteiger partial charge in [-0.3, -0.25) is 0 Å². The molecule has 0 amide bonds. The van der Waals surface area contributed by atoms with E-state index in [2.05, 4.69) is 28.4 Å². The molecule has 0 spiro atoms. The summed E-state index contributed by atoms with van der Waals surface area (Å²) in [5.41, 5.74) is 1.77. The normalized spacial score (nSPS) is 25.2. The third-order valence-corrected chi connectivity index (χ3v) is 4.73. The molecule has 0 saturated carbocycles. The Morgan fingerprint density at radius 1 is 1.45 bits per heavy atom. The molecule has 1 saturated heterocycles. The molecular weight excluding hydrogens is 302 g/mol. The lowest BCUT2D eigenvalue weighted by Crippen LogP contribution is -2.12. The average Bonchev–Trinajstić information content (AvgIpc) is 3.00. The van der Waals surface area contributed by atoms with Gasteiger partial charge in [-0.2, -0.15) is 0 Å². The predicted octanol–water partition coefficient (Wildman–Crippen LogP) is 3.26. The van der Waals surface area contributed by atoms with Crippen LogP contribution in [0.1, 0.15) is 44.3 Å². The number of fused-ring (bicyclic) bond motifs is 1. The second-order valence-corrected chi connectivity index (χ2v) is 6.40. The second kappa shape index (κ2) is 6.14. The number of aromatic nitrogens is 3. The van der Waals surface area contributed by atoms with Gasteiger partial charge in [0.05, 0.1) is 11.5 Å². The summed E-state index contributed by atoms with van der Waals surface area (Å²) in [7, 11) is 0. The minimum absolute atomic E-state index is 0.0275. The van der Waals surface area contributed by atoms with Crippen molar-refractivity contribution in [2.75, 3.05) is 6.61 Å². The smallest absolute Gasteiger partial charge is 0.147 e. The molecule has 22 heavy (non-hydrogen) atoms. The van der Waals surface area contributed by atoms with Gasteiger partial charge < -0.3 is 14.4 Å². The minimum Gasteiger partial charge on any atom is -0.396 e. The van der Waals surface area contributed by atoms with Crippen molar-refractivity contribution >= 4 is 22.6 Å². The average molecular weight is 324 g/mol. The fourth-order valence-electron chi connectivity index (χ4n) is 3.35. The van der Waals surface area contributed by atoms with E-state index in [-0.39, 0.29) is 18.9 Å². The molecule has 0 aliphatic carbocycles. The molecule has 0 radical (unpaired) electrons. The predicted molar refractivity (Wildman–Crippen MR) is 86.0 cm³/mol. The van der Waals surface area contributed by atoms with Crippen molar-refractivity contribution in [3.05, 3.63) is 22.7 Å². The van der Waals surface area contributed by atoms with Crippen LogP contribution in [0.2, 0.25) is 5.15 Å². The Kier molecular flexibility index (Phi) is 4.39. The molecular formula is C16H22ClN3O2. The second-order valence-electron chi connectivity index (χ2n) is 6.05. The van der Waals surface area contributed by atoms with Crippen LogP contribution in [-0.2, 0) is 11.2 Å². The highest BCUT2D eigenvalue weighted by molar-refractivity contribution is 6.34. The van der Waals surface area contributed by atoms with Crippen molar-refractivity contribution in [1.29, 1.82) is 0 Å². The first kappa shape index (κ1) is 15.7. The molecule has 1 N–H and O–H groups in total. The molecule has 1 fully saturated rings. The maximum absolute atomic E-state index is 9.30. The first-order chi connectivity index (χ1) is 10.5. The van der Waals surface area contributed by atoms with Crippen LogP contribution in [0.25, 0.3) is 11.0 Å². The topological polar surface area (TPSA) is 60.2 Å². The SMILES string of the molecule is CCC1OC(n2cc(CCO)c3c(Cl)nc(C)nc32)CC1C. The zero-order valence-electron chi connectivity index (χ0n) is 13.2. The zero-order chi connectivity index (χ0) is 15.9. The number of aliphatic hydroxyl groups is 1.